The Morgan fingerprint density at radius 1 is 1.26 bits per heavy atom. The molecule has 1 amide bonds. The molecule has 0 bridgehead atoms. The van der Waals surface area contributed by atoms with Gasteiger partial charge in [0.05, 0.1) is 5.56 Å². The number of benzene rings is 1. The Kier molecular flexibility index (Phi) is 3.87. The Morgan fingerprint density at radius 2 is 2.00 bits per heavy atom. The number of nitrogens with zero attached hydrogens (tertiary/aromatic N) is 2. The third-order valence-electron chi connectivity index (χ3n) is 2.31. The lowest BCUT2D eigenvalue weighted by atomic mass is 10.1. The van der Waals surface area contributed by atoms with Crippen molar-refractivity contribution in [2.75, 3.05) is 11.1 Å². The van der Waals surface area contributed by atoms with E-state index in [-0.39, 0.29) is 16.7 Å². The summed E-state index contributed by atoms with van der Waals surface area (Å²) in [6, 6.07) is 6.23. The Balaban J connectivity index is 2.28. The van der Waals surface area contributed by atoms with Crippen LogP contribution in [0, 0.1) is 6.92 Å². The van der Waals surface area contributed by atoms with Crippen molar-refractivity contribution < 1.29 is 4.79 Å². The fourth-order valence-corrected chi connectivity index (χ4v) is 1.89. The number of rotatable bonds is 2. The smallest absolute Gasteiger partial charge is 0.260 e. The molecular weight excluding hydrogens is 287 g/mol. The molecule has 0 fully saturated rings. The second-order valence-electron chi connectivity index (χ2n) is 3.84. The van der Waals surface area contributed by atoms with Crippen LogP contribution in [0.2, 0.25) is 10.2 Å². The molecule has 0 saturated heterocycles. The topological polar surface area (TPSA) is 80.9 Å². The van der Waals surface area contributed by atoms with Crippen LogP contribution in [0.1, 0.15) is 16.1 Å². The number of anilines is 2. The van der Waals surface area contributed by atoms with Gasteiger partial charge in [-0.15, -0.1) is 0 Å². The number of hydrogen-bond acceptors (Lipinski definition) is 4. The highest BCUT2D eigenvalue weighted by Gasteiger charge is 2.12. The van der Waals surface area contributed by atoms with E-state index in [0.717, 1.165) is 0 Å². The van der Waals surface area contributed by atoms with Gasteiger partial charge in [0.25, 0.3) is 5.91 Å². The van der Waals surface area contributed by atoms with Crippen molar-refractivity contribution in [3.63, 3.8) is 0 Å². The van der Waals surface area contributed by atoms with Crippen molar-refractivity contribution in [2.24, 2.45) is 0 Å². The summed E-state index contributed by atoms with van der Waals surface area (Å²) in [5.74, 6) is -0.323. The third kappa shape index (κ3) is 3.33. The first kappa shape index (κ1) is 13.6. The van der Waals surface area contributed by atoms with E-state index >= 15 is 0 Å². The van der Waals surface area contributed by atoms with E-state index in [2.05, 4.69) is 15.3 Å². The number of carbonyl (C=O) groups excluding carboxylic acids is 1. The van der Waals surface area contributed by atoms with Gasteiger partial charge in [0.1, 0.15) is 5.15 Å². The van der Waals surface area contributed by atoms with Crippen molar-refractivity contribution in [1.82, 2.24) is 9.97 Å². The lowest BCUT2D eigenvalue weighted by Gasteiger charge is -2.07. The molecule has 0 atom stereocenters. The van der Waals surface area contributed by atoms with E-state index in [1.807, 2.05) is 0 Å². The summed E-state index contributed by atoms with van der Waals surface area (Å²) in [5, 5.41) is 3.19. The fourth-order valence-electron chi connectivity index (χ4n) is 1.48. The molecule has 0 spiro atoms. The number of carbonyl (C=O) groups is 1. The number of hydrogen-bond donors (Lipinski definition) is 2. The van der Waals surface area contributed by atoms with Gasteiger partial charge < -0.3 is 5.73 Å². The Labute approximate surface area is 119 Å². The highest BCUT2D eigenvalue weighted by atomic mass is 35.5. The molecular formula is C12H10Cl2N4O. The molecule has 0 unspecified atom stereocenters. The summed E-state index contributed by atoms with van der Waals surface area (Å²) < 4.78 is 0. The van der Waals surface area contributed by atoms with Crippen LogP contribution >= 0.6 is 23.2 Å². The number of amides is 1. The first-order valence-electron chi connectivity index (χ1n) is 5.33. The third-order valence-corrected chi connectivity index (χ3v) is 2.74. The number of nitrogen functional groups attached to an aromatic ring is 1. The van der Waals surface area contributed by atoms with Crippen LogP contribution in [-0.4, -0.2) is 15.9 Å². The molecule has 98 valence electrons. The van der Waals surface area contributed by atoms with Crippen LogP contribution < -0.4 is 11.1 Å². The molecule has 2 aromatic rings. The van der Waals surface area contributed by atoms with Crippen molar-refractivity contribution in [1.29, 1.82) is 0 Å². The van der Waals surface area contributed by atoms with Gasteiger partial charge in [0.15, 0.2) is 0 Å². The maximum absolute atomic E-state index is 12.0. The minimum atomic E-state index is -0.443. The van der Waals surface area contributed by atoms with Crippen molar-refractivity contribution in [3.8, 4) is 0 Å². The number of halogens is 2. The quantitative estimate of drug-likeness (QED) is 0.659. The van der Waals surface area contributed by atoms with Gasteiger partial charge in [-0.05, 0) is 31.2 Å². The standard InChI is InChI=1S/C12H10Cl2N4O/c1-6-4-10(14)17-12(16-6)18-11(19)8-5-7(13)2-3-9(8)15/h2-5H,15H2,1H3,(H,16,17,18,19). The van der Waals surface area contributed by atoms with Gasteiger partial charge in [0, 0.05) is 16.4 Å². The van der Waals surface area contributed by atoms with E-state index in [1.165, 1.54) is 6.07 Å². The SMILES string of the molecule is Cc1cc(Cl)nc(NC(=O)c2cc(Cl)ccc2N)n1. The van der Waals surface area contributed by atoms with Gasteiger partial charge in [-0.25, -0.2) is 9.97 Å². The Hall–Kier alpha value is -1.85. The normalized spacial score (nSPS) is 10.3. The fraction of sp³-hybridized carbons (Fsp3) is 0.0833. The predicted molar refractivity (Wildman–Crippen MR) is 75.6 cm³/mol. The highest BCUT2D eigenvalue weighted by molar-refractivity contribution is 6.31. The van der Waals surface area contributed by atoms with Gasteiger partial charge in [-0.1, -0.05) is 23.2 Å². The molecule has 0 saturated carbocycles. The van der Waals surface area contributed by atoms with E-state index in [1.54, 1.807) is 25.1 Å². The molecule has 0 aliphatic rings. The van der Waals surface area contributed by atoms with E-state index in [4.69, 9.17) is 28.9 Å². The van der Waals surface area contributed by atoms with Crippen LogP contribution in [0.15, 0.2) is 24.3 Å². The van der Waals surface area contributed by atoms with Crippen LogP contribution in [-0.2, 0) is 0 Å². The molecule has 1 aromatic heterocycles. The minimum Gasteiger partial charge on any atom is -0.398 e. The van der Waals surface area contributed by atoms with E-state index in [0.29, 0.717) is 16.4 Å². The number of aromatic nitrogens is 2. The Bertz CT molecular complexity index is 625. The maximum atomic E-state index is 12.0. The summed E-state index contributed by atoms with van der Waals surface area (Å²) in [5.41, 5.74) is 6.94. The van der Waals surface area contributed by atoms with Crippen molar-refractivity contribution in [3.05, 3.63) is 45.7 Å². The Morgan fingerprint density at radius 3 is 2.68 bits per heavy atom. The summed E-state index contributed by atoms with van der Waals surface area (Å²) in [4.78, 5) is 20.0. The minimum absolute atomic E-state index is 0.120. The number of nitrogens with two attached hydrogens (primary N) is 1. The van der Waals surface area contributed by atoms with Crippen LogP contribution in [0.25, 0.3) is 0 Å². The van der Waals surface area contributed by atoms with Crippen LogP contribution in [0.3, 0.4) is 0 Å². The largest absolute Gasteiger partial charge is 0.398 e. The zero-order valence-electron chi connectivity index (χ0n) is 9.95. The number of nitrogens with one attached hydrogen (secondary N) is 1. The molecule has 0 aliphatic heterocycles. The highest BCUT2D eigenvalue weighted by Crippen LogP contribution is 2.19. The molecule has 0 aliphatic carbocycles. The van der Waals surface area contributed by atoms with E-state index in [9.17, 15) is 4.79 Å². The van der Waals surface area contributed by atoms with E-state index < -0.39 is 5.91 Å². The molecule has 2 rings (SSSR count). The van der Waals surface area contributed by atoms with Crippen molar-refractivity contribution >= 4 is 40.7 Å². The molecule has 19 heavy (non-hydrogen) atoms. The molecule has 5 nitrogen and oxygen atoms in total. The lowest BCUT2D eigenvalue weighted by Crippen LogP contribution is -2.16. The first-order chi connectivity index (χ1) is 8.95. The summed E-state index contributed by atoms with van der Waals surface area (Å²) >= 11 is 11.6. The summed E-state index contributed by atoms with van der Waals surface area (Å²) in [6.07, 6.45) is 0. The summed E-state index contributed by atoms with van der Waals surface area (Å²) in [7, 11) is 0. The average molecular weight is 297 g/mol. The second kappa shape index (κ2) is 5.42. The molecule has 1 aromatic carbocycles. The first-order valence-corrected chi connectivity index (χ1v) is 6.09. The maximum Gasteiger partial charge on any atom is 0.260 e. The molecule has 7 heteroatoms. The predicted octanol–water partition coefficient (Wildman–Crippen LogP) is 2.93. The second-order valence-corrected chi connectivity index (χ2v) is 4.67. The lowest BCUT2D eigenvalue weighted by molar-refractivity contribution is 0.102. The van der Waals surface area contributed by atoms with Gasteiger partial charge in [0.2, 0.25) is 5.95 Å². The molecule has 1 heterocycles. The van der Waals surface area contributed by atoms with Gasteiger partial charge in [-0.2, -0.15) is 0 Å². The van der Waals surface area contributed by atoms with Gasteiger partial charge >= 0.3 is 0 Å². The molecule has 3 N–H and O–H groups in total. The van der Waals surface area contributed by atoms with Crippen molar-refractivity contribution in [2.45, 2.75) is 6.92 Å². The van der Waals surface area contributed by atoms with Gasteiger partial charge in [-0.3, -0.25) is 10.1 Å². The molecule has 0 radical (unpaired) electrons. The zero-order chi connectivity index (χ0) is 14.0. The van der Waals surface area contributed by atoms with Crippen LogP contribution in [0.5, 0.6) is 0 Å². The summed E-state index contributed by atoms with van der Waals surface area (Å²) in [6.45, 7) is 1.75. The zero-order valence-corrected chi connectivity index (χ0v) is 11.5. The monoisotopic (exact) mass is 296 g/mol. The average Bonchev–Trinajstić information content (AvgIpc) is 2.30. The number of aryl methyl sites for hydroxylation is 1. The van der Waals surface area contributed by atoms with Crippen LogP contribution in [0.4, 0.5) is 11.6 Å².